The zero-order chi connectivity index (χ0) is 8.39. The lowest BCUT2D eigenvalue weighted by Gasteiger charge is -1.88. The van der Waals surface area contributed by atoms with Crippen molar-refractivity contribution in [2.24, 2.45) is 0 Å². The van der Waals surface area contributed by atoms with E-state index >= 15 is 0 Å². The molecule has 0 atom stereocenters. The normalized spacial score (nSPS) is 10.8. The van der Waals surface area contributed by atoms with Gasteiger partial charge in [0.25, 0.3) is 0 Å². The van der Waals surface area contributed by atoms with Gasteiger partial charge >= 0.3 is 0 Å². The van der Waals surface area contributed by atoms with Gasteiger partial charge in [0, 0.05) is 6.20 Å². The van der Waals surface area contributed by atoms with E-state index in [0.29, 0.717) is 0 Å². The SMILES string of the molecule is CCCc1cc2ccccn2n1. The van der Waals surface area contributed by atoms with E-state index in [-0.39, 0.29) is 0 Å². The van der Waals surface area contributed by atoms with Crippen LogP contribution in [0.5, 0.6) is 0 Å². The molecule has 0 aliphatic rings. The maximum atomic E-state index is 4.42. The second kappa shape index (κ2) is 2.97. The Balaban J connectivity index is 2.47. The molecule has 2 heterocycles. The second-order valence-corrected chi connectivity index (χ2v) is 2.96. The number of hydrogen-bond donors (Lipinski definition) is 0. The lowest BCUT2D eigenvalue weighted by atomic mass is 10.2. The van der Waals surface area contributed by atoms with E-state index in [2.05, 4.69) is 24.2 Å². The minimum atomic E-state index is 1.07. The summed E-state index contributed by atoms with van der Waals surface area (Å²) in [6, 6.07) is 8.25. The molecular formula is C10H12N2. The van der Waals surface area contributed by atoms with Gasteiger partial charge in [-0.15, -0.1) is 0 Å². The molecule has 0 bridgehead atoms. The summed E-state index contributed by atoms with van der Waals surface area (Å²) in [6.45, 7) is 2.17. The molecule has 0 amide bonds. The highest BCUT2D eigenvalue weighted by Crippen LogP contribution is 2.06. The monoisotopic (exact) mass is 160 g/mol. The summed E-state index contributed by atoms with van der Waals surface area (Å²) < 4.78 is 1.92. The third-order valence-corrected chi connectivity index (χ3v) is 1.93. The summed E-state index contributed by atoms with van der Waals surface area (Å²) in [5.74, 6) is 0. The fraction of sp³-hybridized carbons (Fsp3) is 0.300. The lowest BCUT2D eigenvalue weighted by molar-refractivity contribution is 0.837. The summed E-state index contributed by atoms with van der Waals surface area (Å²) in [4.78, 5) is 0. The molecule has 0 fully saturated rings. The van der Waals surface area contributed by atoms with E-state index in [4.69, 9.17) is 0 Å². The van der Waals surface area contributed by atoms with E-state index in [1.807, 2.05) is 22.8 Å². The minimum absolute atomic E-state index is 1.07. The van der Waals surface area contributed by atoms with E-state index in [1.165, 1.54) is 11.2 Å². The first-order valence-corrected chi connectivity index (χ1v) is 4.33. The van der Waals surface area contributed by atoms with Crippen molar-refractivity contribution < 1.29 is 0 Å². The average Bonchev–Trinajstić information content (AvgIpc) is 2.47. The zero-order valence-electron chi connectivity index (χ0n) is 7.20. The number of fused-ring (bicyclic) bond motifs is 1. The van der Waals surface area contributed by atoms with Crippen molar-refractivity contribution >= 4 is 5.52 Å². The number of nitrogens with zero attached hydrogens (tertiary/aromatic N) is 2. The summed E-state index contributed by atoms with van der Waals surface area (Å²) in [5, 5.41) is 4.42. The highest BCUT2D eigenvalue weighted by atomic mass is 15.2. The number of rotatable bonds is 2. The predicted octanol–water partition coefficient (Wildman–Crippen LogP) is 2.29. The molecule has 0 aliphatic carbocycles. The fourth-order valence-corrected chi connectivity index (χ4v) is 1.37. The molecule has 62 valence electrons. The van der Waals surface area contributed by atoms with Crippen molar-refractivity contribution in [1.29, 1.82) is 0 Å². The van der Waals surface area contributed by atoms with E-state index in [0.717, 1.165) is 12.8 Å². The summed E-state index contributed by atoms with van der Waals surface area (Å²) in [6.07, 6.45) is 4.21. The second-order valence-electron chi connectivity index (χ2n) is 2.96. The minimum Gasteiger partial charge on any atom is -0.241 e. The molecule has 2 aromatic rings. The first kappa shape index (κ1) is 7.35. The van der Waals surface area contributed by atoms with Crippen LogP contribution in [-0.4, -0.2) is 9.61 Å². The molecule has 0 unspecified atom stereocenters. The van der Waals surface area contributed by atoms with Crippen LogP contribution in [-0.2, 0) is 6.42 Å². The number of aromatic nitrogens is 2. The van der Waals surface area contributed by atoms with Crippen molar-refractivity contribution in [3.63, 3.8) is 0 Å². The Bertz CT molecular complexity index is 343. The van der Waals surface area contributed by atoms with Crippen molar-refractivity contribution in [3.05, 3.63) is 36.2 Å². The van der Waals surface area contributed by atoms with Crippen molar-refractivity contribution in [2.45, 2.75) is 19.8 Å². The Hall–Kier alpha value is -1.31. The maximum Gasteiger partial charge on any atom is 0.0664 e. The molecule has 0 spiro atoms. The van der Waals surface area contributed by atoms with Gasteiger partial charge in [0.1, 0.15) is 0 Å². The summed E-state index contributed by atoms with van der Waals surface area (Å²) in [5.41, 5.74) is 2.37. The molecule has 0 aromatic carbocycles. The van der Waals surface area contributed by atoms with Crippen LogP contribution < -0.4 is 0 Å². The predicted molar refractivity (Wildman–Crippen MR) is 49.2 cm³/mol. The molecule has 0 saturated carbocycles. The third kappa shape index (κ3) is 1.20. The Morgan fingerprint density at radius 1 is 1.42 bits per heavy atom. The highest BCUT2D eigenvalue weighted by molar-refractivity contribution is 5.46. The molecule has 2 rings (SSSR count). The van der Waals surface area contributed by atoms with Gasteiger partial charge in [-0.3, -0.25) is 0 Å². The first-order chi connectivity index (χ1) is 5.90. The maximum absolute atomic E-state index is 4.42. The molecule has 2 heteroatoms. The molecule has 12 heavy (non-hydrogen) atoms. The number of pyridine rings is 1. The van der Waals surface area contributed by atoms with E-state index in [1.54, 1.807) is 0 Å². The third-order valence-electron chi connectivity index (χ3n) is 1.93. The Kier molecular flexibility index (Phi) is 1.82. The average molecular weight is 160 g/mol. The van der Waals surface area contributed by atoms with Crippen LogP contribution in [0.1, 0.15) is 19.0 Å². The van der Waals surface area contributed by atoms with Crippen molar-refractivity contribution in [3.8, 4) is 0 Å². The van der Waals surface area contributed by atoms with Crippen molar-refractivity contribution in [1.82, 2.24) is 9.61 Å². The van der Waals surface area contributed by atoms with Gasteiger partial charge in [-0.2, -0.15) is 5.10 Å². The lowest BCUT2D eigenvalue weighted by Crippen LogP contribution is -1.87. The fourth-order valence-electron chi connectivity index (χ4n) is 1.37. The Morgan fingerprint density at radius 2 is 2.33 bits per heavy atom. The van der Waals surface area contributed by atoms with Crippen LogP contribution >= 0.6 is 0 Å². The van der Waals surface area contributed by atoms with Gasteiger partial charge in [-0.05, 0) is 24.6 Å². The summed E-state index contributed by atoms with van der Waals surface area (Å²) in [7, 11) is 0. The van der Waals surface area contributed by atoms with Gasteiger partial charge in [0.15, 0.2) is 0 Å². The van der Waals surface area contributed by atoms with Crippen LogP contribution in [0, 0.1) is 0 Å². The zero-order valence-corrected chi connectivity index (χ0v) is 7.20. The van der Waals surface area contributed by atoms with Gasteiger partial charge < -0.3 is 0 Å². The van der Waals surface area contributed by atoms with Gasteiger partial charge in [-0.1, -0.05) is 19.4 Å². The van der Waals surface area contributed by atoms with Crippen LogP contribution in [0.4, 0.5) is 0 Å². The molecular weight excluding hydrogens is 148 g/mol. The van der Waals surface area contributed by atoms with Gasteiger partial charge in [0.05, 0.1) is 11.2 Å². The number of hydrogen-bond acceptors (Lipinski definition) is 1. The highest BCUT2D eigenvalue weighted by Gasteiger charge is 1.97. The molecule has 2 aromatic heterocycles. The van der Waals surface area contributed by atoms with Crippen molar-refractivity contribution in [2.75, 3.05) is 0 Å². The quantitative estimate of drug-likeness (QED) is 0.658. The van der Waals surface area contributed by atoms with Gasteiger partial charge in [0.2, 0.25) is 0 Å². The smallest absolute Gasteiger partial charge is 0.0664 e. The van der Waals surface area contributed by atoms with Crippen LogP contribution in [0.25, 0.3) is 5.52 Å². The topological polar surface area (TPSA) is 17.3 Å². The Morgan fingerprint density at radius 3 is 3.08 bits per heavy atom. The molecule has 0 aliphatic heterocycles. The standard InChI is InChI=1S/C10H12N2/c1-2-5-9-8-10-6-3-4-7-12(10)11-9/h3-4,6-8H,2,5H2,1H3. The first-order valence-electron chi connectivity index (χ1n) is 4.33. The summed E-state index contributed by atoms with van der Waals surface area (Å²) >= 11 is 0. The molecule has 0 radical (unpaired) electrons. The Labute approximate surface area is 71.8 Å². The van der Waals surface area contributed by atoms with Crippen LogP contribution in [0.15, 0.2) is 30.5 Å². The molecule has 0 N–H and O–H groups in total. The number of aryl methyl sites for hydroxylation is 1. The van der Waals surface area contributed by atoms with Crippen LogP contribution in [0.3, 0.4) is 0 Å². The van der Waals surface area contributed by atoms with E-state index in [9.17, 15) is 0 Å². The van der Waals surface area contributed by atoms with Crippen LogP contribution in [0.2, 0.25) is 0 Å². The van der Waals surface area contributed by atoms with Gasteiger partial charge in [-0.25, -0.2) is 4.52 Å². The van der Waals surface area contributed by atoms with E-state index < -0.39 is 0 Å². The molecule has 0 saturated heterocycles. The molecule has 2 nitrogen and oxygen atoms in total. The largest absolute Gasteiger partial charge is 0.241 e.